The average Bonchev–Trinajstić information content (AvgIpc) is 3.29. The van der Waals surface area contributed by atoms with E-state index < -0.39 is 47.5 Å². The Morgan fingerprint density at radius 2 is 1.50 bits per heavy atom. The van der Waals surface area contributed by atoms with Crippen molar-refractivity contribution in [1.29, 1.82) is 0 Å². The van der Waals surface area contributed by atoms with Crippen molar-refractivity contribution in [2.75, 3.05) is 78.6 Å². The predicted molar refractivity (Wildman–Crippen MR) is 228 cm³/mol. The molecule has 62 heavy (non-hydrogen) atoms. The maximum absolute atomic E-state index is 14.3. The number of carbonyl (C=O) groups is 7. The number of benzene rings is 1. The van der Waals surface area contributed by atoms with Crippen LogP contribution in [0.15, 0.2) is 29.3 Å². The Hall–Kier alpha value is -5.18. The molecule has 0 saturated carbocycles. The van der Waals surface area contributed by atoms with Gasteiger partial charge in [-0.3, -0.25) is 58.5 Å². The van der Waals surface area contributed by atoms with Gasteiger partial charge in [-0.15, -0.1) is 0 Å². The Balaban J connectivity index is 1.72. The summed E-state index contributed by atoms with van der Waals surface area (Å²) in [6.07, 6.45) is 1.92. The Morgan fingerprint density at radius 3 is 2.05 bits per heavy atom. The number of aliphatic carboxylic acids is 2. The number of hydroxylamine groups is 1. The summed E-state index contributed by atoms with van der Waals surface area (Å²) in [7, 11) is 0. The Morgan fingerprint density at radius 1 is 0.903 bits per heavy atom. The zero-order valence-electron chi connectivity index (χ0n) is 36.1. The number of hydrogen-bond donors (Lipinski definition) is 8. The average molecular weight is 874 g/mol. The number of carbonyl (C=O) groups excluding carboxylic acids is 5. The first-order valence-corrected chi connectivity index (χ1v) is 21.5. The smallest absolute Gasteiger partial charge is 0.317 e. The molecular weight excluding hydrogens is 807 g/mol. The van der Waals surface area contributed by atoms with Crippen molar-refractivity contribution in [3.63, 3.8) is 0 Å². The van der Waals surface area contributed by atoms with Crippen molar-refractivity contribution in [2.45, 2.75) is 77.7 Å². The van der Waals surface area contributed by atoms with Crippen LogP contribution in [0.2, 0.25) is 0 Å². The molecule has 1 saturated heterocycles. The molecule has 1 aromatic rings. The molecular formula is C42H67N9O11. The fourth-order valence-corrected chi connectivity index (χ4v) is 7.84. The number of carboxylic acids is 2. The van der Waals surface area contributed by atoms with Gasteiger partial charge in [0.2, 0.25) is 17.7 Å². The maximum Gasteiger partial charge on any atom is 0.317 e. The number of aliphatic imine (C=N–C) groups is 1. The van der Waals surface area contributed by atoms with Crippen molar-refractivity contribution in [3.05, 3.63) is 29.8 Å². The van der Waals surface area contributed by atoms with Gasteiger partial charge in [0.25, 0.3) is 0 Å². The Labute approximate surface area is 363 Å². The lowest BCUT2D eigenvalue weighted by Crippen LogP contribution is -2.49. The zero-order valence-corrected chi connectivity index (χ0v) is 36.1. The molecule has 0 radical (unpaired) electrons. The normalized spacial score (nSPS) is 20.3. The summed E-state index contributed by atoms with van der Waals surface area (Å²) < 4.78 is 5.87. The fourth-order valence-electron chi connectivity index (χ4n) is 7.84. The zero-order chi connectivity index (χ0) is 45.6. The van der Waals surface area contributed by atoms with Gasteiger partial charge in [0.05, 0.1) is 38.2 Å². The first kappa shape index (κ1) is 51.2. The highest BCUT2D eigenvalue weighted by Crippen LogP contribution is 2.28. The lowest BCUT2D eigenvalue weighted by molar-refractivity contribution is -0.142. The van der Waals surface area contributed by atoms with E-state index in [1.807, 2.05) is 30.9 Å². The first-order valence-electron chi connectivity index (χ1n) is 21.5. The summed E-state index contributed by atoms with van der Waals surface area (Å²) in [5.41, 5.74) is 13.5. The van der Waals surface area contributed by atoms with Gasteiger partial charge in [-0.1, -0.05) is 26.0 Å². The van der Waals surface area contributed by atoms with Crippen molar-refractivity contribution < 1.29 is 53.7 Å². The van der Waals surface area contributed by atoms with Gasteiger partial charge >= 0.3 is 11.9 Å². The van der Waals surface area contributed by atoms with Crippen LogP contribution in [0.25, 0.3) is 0 Å². The third-order valence-electron chi connectivity index (χ3n) is 11.1. The van der Waals surface area contributed by atoms with Gasteiger partial charge in [0, 0.05) is 77.0 Å². The summed E-state index contributed by atoms with van der Waals surface area (Å²) in [5.74, 6) is -6.11. The third-order valence-corrected chi connectivity index (χ3v) is 11.1. The molecule has 4 atom stereocenters. The van der Waals surface area contributed by atoms with Crippen molar-refractivity contribution in [3.8, 4) is 5.75 Å². The van der Waals surface area contributed by atoms with E-state index in [4.69, 9.17) is 16.2 Å². The number of guanidine groups is 1. The van der Waals surface area contributed by atoms with Crippen molar-refractivity contribution in [1.82, 2.24) is 30.8 Å². The summed E-state index contributed by atoms with van der Waals surface area (Å²) in [6.45, 7) is 6.39. The highest BCUT2D eigenvalue weighted by molar-refractivity contribution is 5.94. The molecule has 10 N–H and O–H groups in total. The molecule has 1 aromatic carbocycles. The second-order valence-corrected chi connectivity index (χ2v) is 16.6. The summed E-state index contributed by atoms with van der Waals surface area (Å²) in [6, 6.07) is 6.11. The van der Waals surface area contributed by atoms with Crippen LogP contribution in [0.4, 0.5) is 0 Å². The minimum atomic E-state index is -1.04. The molecule has 3 aliphatic rings. The van der Waals surface area contributed by atoms with E-state index in [0.717, 1.165) is 5.56 Å². The molecule has 3 heterocycles. The third kappa shape index (κ3) is 19.3. The topological polar surface area (TPSA) is 300 Å². The highest BCUT2D eigenvalue weighted by Gasteiger charge is 2.36. The summed E-state index contributed by atoms with van der Waals surface area (Å²) in [4.78, 5) is 100. The second kappa shape index (κ2) is 27.0. The number of amides is 3. The summed E-state index contributed by atoms with van der Waals surface area (Å²) in [5, 5.41) is 34.0. The number of nitrogens with two attached hydrogens (primary N) is 2. The van der Waals surface area contributed by atoms with Gasteiger partial charge < -0.3 is 37.1 Å². The number of Topliss-reactive ketones (excluding diaryl/α,β-unsaturated/α-hetero) is 2. The van der Waals surface area contributed by atoms with Crippen LogP contribution in [0, 0.1) is 23.7 Å². The van der Waals surface area contributed by atoms with Gasteiger partial charge in [-0.25, -0.2) is 5.48 Å². The maximum atomic E-state index is 14.3. The van der Waals surface area contributed by atoms with Gasteiger partial charge in [0.15, 0.2) is 11.7 Å². The molecule has 4 rings (SSSR count). The van der Waals surface area contributed by atoms with E-state index in [-0.39, 0.29) is 101 Å². The lowest BCUT2D eigenvalue weighted by atomic mass is 9.81. The molecule has 0 aliphatic carbocycles. The number of carboxylic acid groups (broad SMARTS) is 2. The molecule has 2 bridgehead atoms. The molecule has 20 nitrogen and oxygen atoms in total. The number of rotatable bonds is 21. The van der Waals surface area contributed by atoms with Crippen LogP contribution in [-0.2, 0) is 40.0 Å². The lowest BCUT2D eigenvalue weighted by Gasteiger charge is -2.29. The Bertz CT molecular complexity index is 1640. The predicted octanol–water partition coefficient (Wildman–Crippen LogP) is -0.146. The number of nitrogens with zero attached hydrogens (tertiary/aromatic N) is 4. The van der Waals surface area contributed by atoms with E-state index in [2.05, 4.69) is 15.6 Å². The molecule has 3 amide bonds. The number of ether oxygens (including phenoxy) is 1. The summed E-state index contributed by atoms with van der Waals surface area (Å²) >= 11 is 0. The van der Waals surface area contributed by atoms with E-state index in [0.29, 0.717) is 70.9 Å². The van der Waals surface area contributed by atoms with Crippen LogP contribution < -0.4 is 32.3 Å². The van der Waals surface area contributed by atoms with Gasteiger partial charge in [-0.05, 0) is 68.6 Å². The van der Waals surface area contributed by atoms with E-state index in [1.165, 1.54) is 0 Å². The second-order valence-electron chi connectivity index (χ2n) is 16.6. The molecule has 0 spiro atoms. The van der Waals surface area contributed by atoms with Crippen LogP contribution in [0.3, 0.4) is 0 Å². The number of fused-ring (bicyclic) bond motifs is 11. The Kier molecular flexibility index (Phi) is 22.3. The van der Waals surface area contributed by atoms with Crippen molar-refractivity contribution in [2.24, 2.45) is 40.1 Å². The number of hydrogen-bond acceptors (Lipinski definition) is 13. The standard InChI is InChI=1S/C42H67N9O11/c1-28(2)22-33-32(41(60)48-61)7-5-21-62-31-11-9-29(10-12-31)23-34(47-40(33)59)36(53)24-30(6-3-14-46-42(43)44)35(52)8-4-13-45-37(54)25-49-15-17-50(26-38(55)56)19-20-51(18-16-49)27-39(57)58/h9-12,28,30,32-34,61H,3-8,13-27H2,1-2H3,(H,45,54)(H,47,59)(H,48,60)(H,55,56)(H,57,58)(H4,43,44,46)/t30-,32+,33-,34+/m1/s1. The quantitative estimate of drug-likeness (QED) is 0.0262. The molecule has 20 heteroatoms. The van der Waals surface area contributed by atoms with E-state index >= 15 is 0 Å². The van der Waals surface area contributed by atoms with Crippen LogP contribution in [0.1, 0.15) is 70.8 Å². The highest BCUT2D eigenvalue weighted by atomic mass is 16.5. The largest absolute Gasteiger partial charge is 0.494 e. The van der Waals surface area contributed by atoms with Gasteiger partial charge in [0.1, 0.15) is 11.5 Å². The minimum absolute atomic E-state index is 0.00384. The minimum Gasteiger partial charge on any atom is -0.494 e. The van der Waals surface area contributed by atoms with Gasteiger partial charge in [-0.2, -0.15) is 0 Å². The van der Waals surface area contributed by atoms with Crippen molar-refractivity contribution >= 4 is 47.2 Å². The van der Waals surface area contributed by atoms with E-state index in [9.17, 15) is 49.0 Å². The molecule has 0 aromatic heterocycles. The molecule has 1 fully saturated rings. The first-order chi connectivity index (χ1) is 29.5. The van der Waals surface area contributed by atoms with Crippen LogP contribution in [-0.4, -0.2) is 162 Å². The number of ketones is 2. The SMILES string of the molecule is CC(C)C[C@H]1C(=O)N[C@H](C(=O)C[C@@H](CCCN=C(N)N)C(=O)CCCNC(=O)CN2CCN(CC(=O)O)CCN(CC(=O)O)CC2)Cc2ccc(cc2)OCCC[C@@H]1C(=O)NO. The fraction of sp³-hybridized carbons (Fsp3) is 0.667. The van der Waals surface area contributed by atoms with E-state index in [1.54, 1.807) is 27.4 Å². The van der Waals surface area contributed by atoms with Crippen LogP contribution >= 0.6 is 0 Å². The monoisotopic (exact) mass is 873 g/mol. The molecule has 3 aliphatic heterocycles. The molecule has 0 unspecified atom stereocenters. The van der Waals surface area contributed by atoms with Crippen LogP contribution in [0.5, 0.6) is 5.75 Å². The number of nitrogens with one attached hydrogen (secondary N) is 3. The molecule has 346 valence electrons.